The number of hydrazone groups is 1. The number of rotatable bonds is 4. The molecule has 0 saturated carbocycles. The van der Waals surface area contributed by atoms with Crippen LogP contribution in [0.15, 0.2) is 27.8 Å². The molecule has 0 radical (unpaired) electrons. The average Bonchev–Trinajstić information content (AvgIpc) is 2.98. The second-order valence-corrected chi connectivity index (χ2v) is 6.14. The quantitative estimate of drug-likeness (QED) is 0.431. The smallest absolute Gasteiger partial charge is 0.187 e. The zero-order chi connectivity index (χ0) is 15.2. The van der Waals surface area contributed by atoms with Crippen LogP contribution < -0.4 is 10.7 Å². The van der Waals surface area contributed by atoms with Crippen LogP contribution in [-0.4, -0.2) is 35.2 Å². The molecule has 1 saturated heterocycles. The van der Waals surface area contributed by atoms with E-state index in [1.807, 2.05) is 0 Å². The van der Waals surface area contributed by atoms with Gasteiger partial charge >= 0.3 is 0 Å². The summed E-state index contributed by atoms with van der Waals surface area (Å²) in [6, 6.07) is 5.19. The van der Waals surface area contributed by atoms with Crippen molar-refractivity contribution in [3.63, 3.8) is 0 Å². The molecule has 1 aliphatic heterocycles. The molecule has 0 amide bonds. The van der Waals surface area contributed by atoms with Gasteiger partial charge in [-0.1, -0.05) is 15.9 Å². The largest absolute Gasteiger partial charge is 0.507 e. The number of ether oxygens (including phenoxy) is 1. The Morgan fingerprint density at radius 3 is 3.10 bits per heavy atom. The molecule has 1 atom stereocenters. The van der Waals surface area contributed by atoms with E-state index in [4.69, 9.17) is 17.0 Å². The minimum Gasteiger partial charge on any atom is -0.507 e. The van der Waals surface area contributed by atoms with Crippen molar-refractivity contribution in [3.05, 3.63) is 28.2 Å². The van der Waals surface area contributed by atoms with Gasteiger partial charge in [0.05, 0.1) is 11.8 Å². The van der Waals surface area contributed by atoms with Crippen molar-refractivity contribution < 1.29 is 9.84 Å². The van der Waals surface area contributed by atoms with E-state index in [1.165, 1.54) is 0 Å². The standard InChI is InChI=1S/C14H18BrN3O2S/c1-9(12-7-10(15)4-5-13(12)19)17-18-14(21)16-8-11-3-2-6-20-11/h4-5,7,11,19H,2-3,6,8H2,1H3,(H2,16,18,21)/b17-9+/t11-/m0/s1. The SMILES string of the molecule is C/C(=N\NC(=S)NC[C@@H]1CCCO1)c1cc(Br)ccc1O. The lowest BCUT2D eigenvalue weighted by Crippen LogP contribution is -2.37. The summed E-state index contributed by atoms with van der Waals surface area (Å²) in [4.78, 5) is 0. The molecule has 2 rings (SSSR count). The van der Waals surface area contributed by atoms with Gasteiger partial charge < -0.3 is 15.2 Å². The predicted octanol–water partition coefficient (Wildman–Crippen LogP) is 2.52. The highest BCUT2D eigenvalue weighted by Crippen LogP contribution is 2.22. The number of phenolic OH excluding ortho intramolecular Hbond substituents is 1. The van der Waals surface area contributed by atoms with Crippen LogP contribution in [0.5, 0.6) is 5.75 Å². The number of hydrogen-bond acceptors (Lipinski definition) is 4. The Morgan fingerprint density at radius 2 is 2.38 bits per heavy atom. The maximum Gasteiger partial charge on any atom is 0.187 e. The Kier molecular flexibility index (Phi) is 5.96. The monoisotopic (exact) mass is 371 g/mol. The Morgan fingerprint density at radius 1 is 1.57 bits per heavy atom. The normalized spacial score (nSPS) is 18.6. The zero-order valence-corrected chi connectivity index (χ0v) is 14.1. The minimum atomic E-state index is 0.180. The molecule has 0 bridgehead atoms. The fourth-order valence-electron chi connectivity index (χ4n) is 2.04. The molecule has 114 valence electrons. The minimum absolute atomic E-state index is 0.180. The first-order valence-electron chi connectivity index (χ1n) is 6.75. The molecule has 1 aromatic rings. The van der Waals surface area contributed by atoms with Crippen molar-refractivity contribution in [1.29, 1.82) is 0 Å². The fourth-order valence-corrected chi connectivity index (χ4v) is 2.53. The van der Waals surface area contributed by atoms with Gasteiger partial charge in [-0.25, -0.2) is 0 Å². The van der Waals surface area contributed by atoms with Crippen molar-refractivity contribution in [2.75, 3.05) is 13.2 Å². The lowest BCUT2D eigenvalue weighted by atomic mass is 10.1. The van der Waals surface area contributed by atoms with E-state index in [0.717, 1.165) is 23.9 Å². The van der Waals surface area contributed by atoms with Crippen LogP contribution in [0.2, 0.25) is 0 Å². The molecule has 0 aliphatic carbocycles. The molecule has 7 heteroatoms. The van der Waals surface area contributed by atoms with Gasteiger partial charge in [-0.05, 0) is 50.2 Å². The third-order valence-corrected chi connectivity index (χ3v) is 3.92. The van der Waals surface area contributed by atoms with E-state index in [0.29, 0.717) is 22.9 Å². The fraction of sp³-hybridized carbons (Fsp3) is 0.429. The lowest BCUT2D eigenvalue weighted by molar-refractivity contribution is 0.114. The summed E-state index contributed by atoms with van der Waals surface area (Å²) in [5.74, 6) is 0.180. The molecular weight excluding hydrogens is 354 g/mol. The summed E-state index contributed by atoms with van der Waals surface area (Å²) >= 11 is 8.53. The topological polar surface area (TPSA) is 65.9 Å². The number of hydrogen-bond donors (Lipinski definition) is 3. The highest BCUT2D eigenvalue weighted by atomic mass is 79.9. The van der Waals surface area contributed by atoms with Crippen molar-refractivity contribution in [3.8, 4) is 5.75 Å². The van der Waals surface area contributed by atoms with Gasteiger partial charge in [-0.3, -0.25) is 5.43 Å². The van der Waals surface area contributed by atoms with E-state index in [9.17, 15) is 5.11 Å². The van der Waals surface area contributed by atoms with Crippen LogP contribution in [-0.2, 0) is 4.74 Å². The van der Waals surface area contributed by atoms with Gasteiger partial charge in [-0.2, -0.15) is 5.10 Å². The maximum atomic E-state index is 9.82. The second-order valence-electron chi connectivity index (χ2n) is 4.82. The van der Waals surface area contributed by atoms with Crippen LogP contribution in [0, 0.1) is 0 Å². The number of phenols is 1. The number of halogens is 1. The third-order valence-electron chi connectivity index (χ3n) is 3.19. The molecule has 1 aliphatic rings. The van der Waals surface area contributed by atoms with Crippen molar-refractivity contribution >= 4 is 39.0 Å². The third kappa shape index (κ3) is 4.94. The first-order valence-corrected chi connectivity index (χ1v) is 7.95. The molecule has 0 unspecified atom stereocenters. The Balaban J connectivity index is 1.87. The number of nitrogens with one attached hydrogen (secondary N) is 2. The highest BCUT2D eigenvalue weighted by molar-refractivity contribution is 9.10. The zero-order valence-electron chi connectivity index (χ0n) is 11.7. The molecular formula is C14H18BrN3O2S. The molecule has 1 heterocycles. The summed E-state index contributed by atoms with van der Waals surface area (Å²) in [7, 11) is 0. The first kappa shape index (κ1) is 16.2. The number of aromatic hydroxyl groups is 1. The lowest BCUT2D eigenvalue weighted by Gasteiger charge is -2.12. The van der Waals surface area contributed by atoms with E-state index in [-0.39, 0.29) is 11.9 Å². The predicted molar refractivity (Wildman–Crippen MR) is 90.7 cm³/mol. The first-order chi connectivity index (χ1) is 10.1. The van der Waals surface area contributed by atoms with E-state index in [2.05, 4.69) is 31.8 Å². The van der Waals surface area contributed by atoms with Gasteiger partial charge in [0.25, 0.3) is 0 Å². The van der Waals surface area contributed by atoms with E-state index >= 15 is 0 Å². The Hall–Kier alpha value is -1.18. The van der Waals surface area contributed by atoms with E-state index < -0.39 is 0 Å². The molecule has 1 fully saturated rings. The maximum absolute atomic E-state index is 9.82. The molecule has 0 aromatic heterocycles. The highest BCUT2D eigenvalue weighted by Gasteiger charge is 2.15. The molecule has 3 N–H and O–H groups in total. The second kappa shape index (κ2) is 7.72. The molecule has 21 heavy (non-hydrogen) atoms. The van der Waals surface area contributed by atoms with Gasteiger partial charge in [0.1, 0.15) is 5.75 Å². The Bertz CT molecular complexity index is 545. The van der Waals surface area contributed by atoms with Crippen molar-refractivity contribution in [1.82, 2.24) is 10.7 Å². The van der Waals surface area contributed by atoms with Gasteiger partial charge in [0.15, 0.2) is 5.11 Å². The van der Waals surface area contributed by atoms with Crippen LogP contribution in [0.4, 0.5) is 0 Å². The van der Waals surface area contributed by atoms with Crippen LogP contribution in [0.1, 0.15) is 25.3 Å². The summed E-state index contributed by atoms with van der Waals surface area (Å²) in [5, 5.41) is 17.5. The molecule has 1 aromatic carbocycles. The number of nitrogens with zero attached hydrogens (tertiary/aromatic N) is 1. The van der Waals surface area contributed by atoms with E-state index in [1.54, 1.807) is 25.1 Å². The summed E-state index contributed by atoms with van der Waals surface area (Å²) < 4.78 is 6.38. The number of benzene rings is 1. The van der Waals surface area contributed by atoms with Crippen molar-refractivity contribution in [2.24, 2.45) is 5.10 Å². The van der Waals surface area contributed by atoms with Crippen molar-refractivity contribution in [2.45, 2.75) is 25.9 Å². The van der Waals surface area contributed by atoms with Crippen LogP contribution in [0.25, 0.3) is 0 Å². The Labute approximate surface area is 137 Å². The van der Waals surface area contributed by atoms with Crippen LogP contribution >= 0.6 is 28.1 Å². The average molecular weight is 372 g/mol. The van der Waals surface area contributed by atoms with Gasteiger partial charge in [-0.15, -0.1) is 0 Å². The summed E-state index contributed by atoms with van der Waals surface area (Å²) in [5.41, 5.74) is 4.08. The van der Waals surface area contributed by atoms with Gasteiger partial charge in [0.2, 0.25) is 0 Å². The molecule has 5 nitrogen and oxygen atoms in total. The van der Waals surface area contributed by atoms with Gasteiger partial charge in [0, 0.05) is 23.2 Å². The summed E-state index contributed by atoms with van der Waals surface area (Å²) in [6.45, 7) is 3.31. The number of thiocarbonyl (C=S) groups is 1. The molecule has 0 spiro atoms. The van der Waals surface area contributed by atoms with Crippen LogP contribution in [0.3, 0.4) is 0 Å². The summed E-state index contributed by atoms with van der Waals surface area (Å²) in [6.07, 6.45) is 2.39.